The van der Waals surface area contributed by atoms with Gasteiger partial charge in [-0.05, 0) is 30.2 Å². The van der Waals surface area contributed by atoms with E-state index >= 15 is 0 Å². The molecule has 96 valence electrons. The number of nitrogens with zero attached hydrogens (tertiary/aromatic N) is 2. The summed E-state index contributed by atoms with van der Waals surface area (Å²) in [7, 11) is 0. The minimum atomic E-state index is -0.145. The van der Waals surface area contributed by atoms with Crippen LogP contribution in [0, 0.1) is 11.3 Å². The summed E-state index contributed by atoms with van der Waals surface area (Å²) in [5.41, 5.74) is 4.30. The van der Waals surface area contributed by atoms with E-state index in [1.807, 2.05) is 12.5 Å². The number of benzene rings is 1. The number of rotatable bonds is 1. The number of fused-ring (bicyclic) bond motifs is 3. The highest BCUT2D eigenvalue weighted by Gasteiger charge is 2.64. The fourth-order valence-electron chi connectivity index (χ4n) is 4.41. The molecule has 1 N–H and O–H groups in total. The molecule has 0 unspecified atom stereocenters. The van der Waals surface area contributed by atoms with Gasteiger partial charge >= 0.3 is 0 Å². The molecule has 0 saturated heterocycles. The van der Waals surface area contributed by atoms with Crippen molar-refractivity contribution in [1.29, 1.82) is 0 Å². The van der Waals surface area contributed by atoms with Gasteiger partial charge in [-0.1, -0.05) is 24.3 Å². The van der Waals surface area contributed by atoms with Crippen molar-refractivity contribution in [2.45, 2.75) is 31.4 Å². The molecule has 1 aliphatic heterocycles. The van der Waals surface area contributed by atoms with E-state index in [-0.39, 0.29) is 6.10 Å². The summed E-state index contributed by atoms with van der Waals surface area (Å²) in [5.74, 6) is 0.379. The van der Waals surface area contributed by atoms with Gasteiger partial charge in [-0.25, -0.2) is 4.98 Å². The molecule has 0 amide bonds. The lowest BCUT2D eigenvalue weighted by Crippen LogP contribution is -2.47. The first-order valence-corrected chi connectivity index (χ1v) is 7.09. The first-order chi connectivity index (χ1) is 9.30. The Kier molecular flexibility index (Phi) is 1.67. The van der Waals surface area contributed by atoms with E-state index in [4.69, 9.17) is 0 Å². The van der Waals surface area contributed by atoms with Gasteiger partial charge in [0.15, 0.2) is 0 Å². The standard InChI is InChI=1S/C16H16N2O/c19-13-7-16(5-6-16)14(13)15-11-4-2-1-3-10(11)12-8-17-9-18(12)15/h1-4,8-9,13-15,19H,5-7H2/t13-,14+,15-/m1/s1. The zero-order chi connectivity index (χ0) is 12.6. The van der Waals surface area contributed by atoms with Gasteiger partial charge in [-0.15, -0.1) is 0 Å². The van der Waals surface area contributed by atoms with Gasteiger partial charge in [0.1, 0.15) is 0 Å². The summed E-state index contributed by atoms with van der Waals surface area (Å²) in [6, 6.07) is 8.88. The average Bonchev–Trinajstić information content (AvgIpc) is 2.97. The summed E-state index contributed by atoms with van der Waals surface area (Å²) in [5, 5.41) is 10.3. The molecule has 2 aromatic rings. The second kappa shape index (κ2) is 3.10. The van der Waals surface area contributed by atoms with E-state index in [2.05, 4.69) is 33.8 Å². The highest BCUT2D eigenvalue weighted by molar-refractivity contribution is 5.69. The van der Waals surface area contributed by atoms with Crippen LogP contribution in [0.2, 0.25) is 0 Å². The second-order valence-corrected chi connectivity index (χ2v) is 6.38. The fraction of sp³-hybridized carbons (Fsp3) is 0.438. The third-order valence-corrected chi connectivity index (χ3v) is 5.49. The van der Waals surface area contributed by atoms with E-state index in [0.717, 1.165) is 6.42 Å². The Labute approximate surface area is 111 Å². The molecule has 3 aliphatic rings. The Morgan fingerprint density at radius 1 is 1.26 bits per heavy atom. The summed E-state index contributed by atoms with van der Waals surface area (Å²) in [6.07, 6.45) is 7.31. The first-order valence-electron chi connectivity index (χ1n) is 7.09. The van der Waals surface area contributed by atoms with Crippen LogP contribution in [0.1, 0.15) is 30.9 Å². The van der Waals surface area contributed by atoms with Crippen molar-refractivity contribution in [2.24, 2.45) is 11.3 Å². The van der Waals surface area contributed by atoms with Crippen molar-refractivity contribution in [2.75, 3.05) is 0 Å². The van der Waals surface area contributed by atoms with Gasteiger partial charge in [0, 0.05) is 11.5 Å². The van der Waals surface area contributed by atoms with Crippen LogP contribution in [-0.4, -0.2) is 20.8 Å². The molecule has 0 radical (unpaired) electrons. The summed E-state index contributed by atoms with van der Waals surface area (Å²) in [4.78, 5) is 4.31. The van der Waals surface area contributed by atoms with Crippen molar-refractivity contribution < 1.29 is 5.11 Å². The molecule has 5 rings (SSSR count). The van der Waals surface area contributed by atoms with E-state index in [1.54, 1.807) is 0 Å². The normalized spacial score (nSPS) is 32.8. The van der Waals surface area contributed by atoms with Crippen LogP contribution >= 0.6 is 0 Å². The lowest BCUT2D eigenvalue weighted by molar-refractivity contribution is -0.0677. The Morgan fingerprint density at radius 3 is 2.89 bits per heavy atom. The number of hydrogen-bond acceptors (Lipinski definition) is 2. The summed E-state index contributed by atoms with van der Waals surface area (Å²) >= 11 is 0. The van der Waals surface area contributed by atoms with E-state index in [9.17, 15) is 5.11 Å². The van der Waals surface area contributed by atoms with Crippen molar-refractivity contribution in [3.8, 4) is 11.3 Å². The minimum absolute atomic E-state index is 0.145. The molecule has 1 aromatic heterocycles. The van der Waals surface area contributed by atoms with Crippen LogP contribution in [0.4, 0.5) is 0 Å². The summed E-state index contributed by atoms with van der Waals surface area (Å²) < 4.78 is 2.28. The maximum absolute atomic E-state index is 10.3. The number of hydrogen-bond donors (Lipinski definition) is 1. The number of aliphatic hydroxyl groups excluding tert-OH is 1. The van der Waals surface area contributed by atoms with Gasteiger partial charge in [-0.3, -0.25) is 0 Å². The van der Waals surface area contributed by atoms with Crippen LogP contribution in [0.5, 0.6) is 0 Å². The van der Waals surface area contributed by atoms with Gasteiger partial charge < -0.3 is 9.67 Å². The summed E-state index contributed by atoms with van der Waals surface area (Å²) in [6.45, 7) is 0. The fourth-order valence-corrected chi connectivity index (χ4v) is 4.41. The minimum Gasteiger partial charge on any atom is -0.393 e. The Morgan fingerprint density at radius 2 is 2.11 bits per heavy atom. The predicted molar refractivity (Wildman–Crippen MR) is 71.6 cm³/mol. The Balaban J connectivity index is 1.71. The van der Waals surface area contributed by atoms with E-state index in [0.29, 0.717) is 17.4 Å². The quantitative estimate of drug-likeness (QED) is 0.847. The molecule has 3 atom stereocenters. The van der Waals surface area contributed by atoms with Gasteiger partial charge in [0.2, 0.25) is 0 Å². The second-order valence-electron chi connectivity index (χ2n) is 6.38. The molecule has 19 heavy (non-hydrogen) atoms. The third-order valence-electron chi connectivity index (χ3n) is 5.49. The molecule has 2 saturated carbocycles. The van der Waals surface area contributed by atoms with E-state index in [1.165, 1.54) is 29.7 Å². The van der Waals surface area contributed by atoms with Crippen LogP contribution in [0.25, 0.3) is 11.3 Å². The SMILES string of the molecule is O[C@@H]1CC2(CC2)[C@@H]1[C@H]1c2ccccc2-c2cncn21. The molecule has 2 fully saturated rings. The van der Waals surface area contributed by atoms with Crippen LogP contribution in [-0.2, 0) is 0 Å². The molecule has 3 heteroatoms. The smallest absolute Gasteiger partial charge is 0.0956 e. The number of aliphatic hydroxyl groups is 1. The Bertz CT molecular complexity index is 671. The predicted octanol–water partition coefficient (Wildman–Crippen LogP) is 2.61. The van der Waals surface area contributed by atoms with Crippen LogP contribution in [0.3, 0.4) is 0 Å². The van der Waals surface area contributed by atoms with Crippen molar-refractivity contribution in [1.82, 2.24) is 9.55 Å². The molecule has 2 heterocycles. The monoisotopic (exact) mass is 252 g/mol. The molecular weight excluding hydrogens is 236 g/mol. The maximum Gasteiger partial charge on any atom is 0.0956 e. The highest BCUT2D eigenvalue weighted by Crippen LogP contribution is 2.69. The van der Waals surface area contributed by atoms with Gasteiger partial charge in [0.05, 0.1) is 30.4 Å². The van der Waals surface area contributed by atoms with Crippen LogP contribution in [0.15, 0.2) is 36.8 Å². The highest BCUT2D eigenvalue weighted by atomic mass is 16.3. The first kappa shape index (κ1) is 10.2. The molecule has 0 bridgehead atoms. The lowest BCUT2D eigenvalue weighted by atomic mass is 9.63. The third kappa shape index (κ3) is 1.11. The molecule has 3 nitrogen and oxygen atoms in total. The topological polar surface area (TPSA) is 38.1 Å². The van der Waals surface area contributed by atoms with Gasteiger partial charge in [-0.2, -0.15) is 0 Å². The number of imidazole rings is 1. The maximum atomic E-state index is 10.3. The lowest BCUT2D eigenvalue weighted by Gasteiger charge is -2.46. The molecule has 1 spiro atoms. The Hall–Kier alpha value is -1.61. The average molecular weight is 252 g/mol. The molecular formula is C16H16N2O. The van der Waals surface area contributed by atoms with E-state index < -0.39 is 0 Å². The zero-order valence-corrected chi connectivity index (χ0v) is 10.7. The largest absolute Gasteiger partial charge is 0.393 e. The van der Waals surface area contributed by atoms with Crippen LogP contribution < -0.4 is 0 Å². The molecule has 1 aromatic carbocycles. The molecule has 2 aliphatic carbocycles. The van der Waals surface area contributed by atoms with Crippen molar-refractivity contribution in [3.05, 3.63) is 42.4 Å². The zero-order valence-electron chi connectivity index (χ0n) is 10.7. The van der Waals surface area contributed by atoms with Gasteiger partial charge in [0.25, 0.3) is 0 Å². The van der Waals surface area contributed by atoms with Crippen molar-refractivity contribution in [3.63, 3.8) is 0 Å². The number of aromatic nitrogens is 2. The van der Waals surface area contributed by atoms with Crippen molar-refractivity contribution >= 4 is 0 Å².